The molecule has 1 aliphatic rings. The number of aliphatic hydroxyl groups is 1. The number of rotatable bonds is 6. The summed E-state index contributed by atoms with van der Waals surface area (Å²) >= 11 is 6.05. The molecule has 7 nitrogen and oxygen atoms in total. The van der Waals surface area contributed by atoms with Crippen molar-refractivity contribution >= 4 is 23.5 Å². The van der Waals surface area contributed by atoms with Gasteiger partial charge in [-0.2, -0.15) is 0 Å². The molecule has 0 radical (unpaired) electrons. The van der Waals surface area contributed by atoms with Gasteiger partial charge in [0.2, 0.25) is 5.76 Å². The van der Waals surface area contributed by atoms with Crippen LogP contribution in [0.3, 0.4) is 0 Å². The number of aliphatic carboxylic acids is 2. The fraction of sp³-hybridized carbons (Fsp3) is 0.600. The summed E-state index contributed by atoms with van der Waals surface area (Å²) in [5.74, 6) is -3.45. The molecule has 0 spiro atoms. The van der Waals surface area contributed by atoms with Crippen LogP contribution in [0.4, 0.5) is 0 Å². The van der Waals surface area contributed by atoms with Crippen LogP contribution in [0.5, 0.6) is 0 Å². The predicted molar refractivity (Wildman–Crippen MR) is 60.9 cm³/mol. The summed E-state index contributed by atoms with van der Waals surface area (Å²) in [6.07, 6.45) is 0.744. The van der Waals surface area contributed by atoms with E-state index in [4.69, 9.17) is 31.8 Å². The summed E-state index contributed by atoms with van der Waals surface area (Å²) in [7, 11) is 1.41. The predicted octanol–water partition coefficient (Wildman–Crippen LogP) is 0.0352. The molecule has 0 aliphatic carbocycles. The number of halogens is 1. The van der Waals surface area contributed by atoms with Crippen molar-refractivity contribution in [3.63, 3.8) is 0 Å². The normalized spacial score (nSPS) is 21.8. The minimum Gasteiger partial charge on any atom is -0.478 e. The third kappa shape index (κ3) is 2.92. The van der Waals surface area contributed by atoms with Gasteiger partial charge in [-0.05, 0) is 12.8 Å². The summed E-state index contributed by atoms with van der Waals surface area (Å²) < 4.78 is 0. The van der Waals surface area contributed by atoms with Crippen LogP contribution in [0, 0.1) is 0 Å². The Kier molecular flexibility index (Phi) is 4.94. The number of alkyl halides is 1. The van der Waals surface area contributed by atoms with E-state index in [9.17, 15) is 9.59 Å². The average Bonchev–Trinajstić information content (AvgIpc) is 2.64. The van der Waals surface area contributed by atoms with Crippen molar-refractivity contribution in [3.05, 3.63) is 11.3 Å². The standard InChI is InChI=1S/C10H14ClNO6/c1-12-7(5(11)3-2-4-13)6(9(14)15)8(18-12)10(16)17/h5,7,13H,2-4H2,1H3,(H,14,15)(H,16,17)/t5-,7-/m0/s1. The van der Waals surface area contributed by atoms with Crippen LogP contribution >= 0.6 is 11.6 Å². The van der Waals surface area contributed by atoms with Crippen molar-refractivity contribution < 1.29 is 29.7 Å². The molecule has 1 heterocycles. The first-order valence-corrected chi connectivity index (χ1v) is 5.70. The number of nitrogens with zero attached hydrogens (tertiary/aromatic N) is 1. The first-order chi connectivity index (χ1) is 8.40. The van der Waals surface area contributed by atoms with E-state index in [1.165, 1.54) is 7.05 Å². The van der Waals surface area contributed by atoms with Crippen LogP contribution < -0.4 is 0 Å². The lowest BCUT2D eigenvalue weighted by molar-refractivity contribution is -0.149. The zero-order valence-electron chi connectivity index (χ0n) is 9.67. The molecule has 0 aromatic heterocycles. The summed E-state index contributed by atoms with van der Waals surface area (Å²) in [5, 5.41) is 27.1. The Hall–Kier alpha value is -1.31. The molecule has 8 heteroatoms. The van der Waals surface area contributed by atoms with Crippen molar-refractivity contribution in [3.8, 4) is 0 Å². The molecule has 1 aliphatic heterocycles. The first-order valence-electron chi connectivity index (χ1n) is 5.26. The van der Waals surface area contributed by atoms with Crippen molar-refractivity contribution in [1.29, 1.82) is 0 Å². The van der Waals surface area contributed by atoms with Crippen LogP contribution in [-0.2, 0) is 14.4 Å². The SMILES string of the molecule is CN1OC(C(=O)O)=C(C(=O)O)[C@@H]1[C@@H](Cl)CCCO. The molecule has 102 valence electrons. The number of hydrogen-bond donors (Lipinski definition) is 3. The topological polar surface area (TPSA) is 107 Å². The smallest absolute Gasteiger partial charge is 0.374 e. The van der Waals surface area contributed by atoms with E-state index in [2.05, 4.69) is 0 Å². The largest absolute Gasteiger partial charge is 0.478 e. The highest BCUT2D eigenvalue weighted by atomic mass is 35.5. The summed E-state index contributed by atoms with van der Waals surface area (Å²) in [6.45, 7) is -0.0710. The third-order valence-corrected chi connectivity index (χ3v) is 3.03. The average molecular weight is 280 g/mol. The molecular formula is C10H14ClNO6. The lowest BCUT2D eigenvalue weighted by atomic mass is 10.00. The molecular weight excluding hydrogens is 266 g/mol. The van der Waals surface area contributed by atoms with E-state index >= 15 is 0 Å². The lowest BCUT2D eigenvalue weighted by Crippen LogP contribution is -2.37. The summed E-state index contributed by atoms with van der Waals surface area (Å²) in [6, 6.07) is -0.859. The van der Waals surface area contributed by atoms with E-state index < -0.39 is 29.1 Å². The van der Waals surface area contributed by atoms with Crippen LogP contribution in [0.25, 0.3) is 0 Å². The van der Waals surface area contributed by atoms with Gasteiger partial charge in [0.25, 0.3) is 0 Å². The van der Waals surface area contributed by atoms with E-state index in [1.54, 1.807) is 0 Å². The van der Waals surface area contributed by atoms with Crippen molar-refractivity contribution in [2.45, 2.75) is 24.3 Å². The number of carboxylic acids is 2. The second-order valence-corrected chi connectivity index (χ2v) is 4.38. The molecule has 0 bridgehead atoms. The Morgan fingerprint density at radius 3 is 2.50 bits per heavy atom. The minimum atomic E-state index is -1.45. The molecule has 0 unspecified atom stereocenters. The Balaban J connectivity index is 3.01. The fourth-order valence-electron chi connectivity index (χ4n) is 1.80. The molecule has 1 rings (SSSR count). The van der Waals surface area contributed by atoms with Gasteiger partial charge < -0.3 is 20.2 Å². The number of carboxylic acid groups (broad SMARTS) is 2. The van der Waals surface area contributed by atoms with Crippen LogP contribution in [0.1, 0.15) is 12.8 Å². The van der Waals surface area contributed by atoms with Gasteiger partial charge in [-0.25, -0.2) is 9.59 Å². The quantitative estimate of drug-likeness (QED) is 0.589. The summed E-state index contributed by atoms with van der Waals surface area (Å²) in [4.78, 5) is 26.9. The number of hydroxylamine groups is 2. The molecule has 3 N–H and O–H groups in total. The van der Waals surface area contributed by atoms with Gasteiger partial charge in [0.1, 0.15) is 5.57 Å². The second-order valence-electron chi connectivity index (χ2n) is 3.82. The number of carbonyl (C=O) groups is 2. The van der Waals surface area contributed by atoms with Crippen molar-refractivity contribution in [2.75, 3.05) is 13.7 Å². The minimum absolute atomic E-state index is 0.0710. The summed E-state index contributed by atoms with van der Waals surface area (Å²) in [5.41, 5.74) is -0.372. The molecule has 0 aromatic rings. The van der Waals surface area contributed by atoms with E-state index in [0.29, 0.717) is 12.8 Å². The number of aliphatic hydroxyl groups excluding tert-OH is 1. The molecule has 0 saturated heterocycles. The monoisotopic (exact) mass is 279 g/mol. The maximum absolute atomic E-state index is 11.1. The maximum atomic E-state index is 11.1. The molecule has 2 atom stereocenters. The highest BCUT2D eigenvalue weighted by Crippen LogP contribution is 2.31. The van der Waals surface area contributed by atoms with E-state index in [1.807, 2.05) is 0 Å². The zero-order chi connectivity index (χ0) is 13.9. The molecule has 0 saturated carbocycles. The van der Waals surface area contributed by atoms with Crippen molar-refractivity contribution in [1.82, 2.24) is 5.06 Å². The number of likely N-dealkylation sites (N-methyl/N-ethyl adjacent to an activating group) is 1. The number of hydrogen-bond acceptors (Lipinski definition) is 5. The molecule has 0 aromatic carbocycles. The molecule has 18 heavy (non-hydrogen) atoms. The fourth-order valence-corrected chi connectivity index (χ4v) is 2.24. The third-order valence-electron chi connectivity index (χ3n) is 2.57. The van der Waals surface area contributed by atoms with Crippen LogP contribution in [0.2, 0.25) is 0 Å². The van der Waals surface area contributed by atoms with Gasteiger partial charge in [0.05, 0.1) is 11.4 Å². The van der Waals surface area contributed by atoms with Crippen LogP contribution in [0.15, 0.2) is 11.3 Å². The van der Waals surface area contributed by atoms with Gasteiger partial charge in [-0.15, -0.1) is 16.7 Å². The van der Waals surface area contributed by atoms with Gasteiger partial charge >= 0.3 is 11.9 Å². The molecule has 0 amide bonds. The van der Waals surface area contributed by atoms with Crippen molar-refractivity contribution in [2.24, 2.45) is 0 Å². The Morgan fingerprint density at radius 2 is 2.06 bits per heavy atom. The lowest BCUT2D eigenvalue weighted by Gasteiger charge is -2.23. The van der Waals surface area contributed by atoms with Gasteiger partial charge in [-0.3, -0.25) is 0 Å². The zero-order valence-corrected chi connectivity index (χ0v) is 10.4. The maximum Gasteiger partial charge on any atom is 0.374 e. The molecule has 0 fully saturated rings. The second kappa shape index (κ2) is 6.03. The van der Waals surface area contributed by atoms with E-state index in [0.717, 1.165) is 5.06 Å². The van der Waals surface area contributed by atoms with Gasteiger partial charge in [0.15, 0.2) is 0 Å². The first kappa shape index (κ1) is 14.7. The Labute approximate surface area is 108 Å². The van der Waals surface area contributed by atoms with E-state index in [-0.39, 0.29) is 12.2 Å². The Morgan fingerprint density at radius 1 is 1.44 bits per heavy atom. The Bertz CT molecular complexity index is 383. The van der Waals surface area contributed by atoms with Crippen LogP contribution in [-0.4, -0.2) is 57.4 Å². The highest BCUT2D eigenvalue weighted by Gasteiger charge is 2.43. The highest BCUT2D eigenvalue weighted by molar-refractivity contribution is 6.22. The van der Waals surface area contributed by atoms with Gasteiger partial charge in [0, 0.05) is 13.7 Å². The van der Waals surface area contributed by atoms with Gasteiger partial charge in [-0.1, -0.05) is 0 Å².